The lowest BCUT2D eigenvalue weighted by Gasteiger charge is -2.29. The molecule has 0 amide bonds. The standard InChI is InChI=1S/C17H30N2O2/c1-18(12-17(20)21)16-3-2-7-19(8-6-16)11-15-10-13-4-5-14(15)9-13/h13-16H,2-12H2,1H3,(H,20,21). The van der Waals surface area contributed by atoms with Crippen molar-refractivity contribution in [1.82, 2.24) is 9.80 Å². The molecule has 0 aromatic heterocycles. The van der Waals surface area contributed by atoms with Crippen molar-refractivity contribution in [1.29, 1.82) is 0 Å². The Bertz CT molecular complexity index is 374. The van der Waals surface area contributed by atoms with Crippen LogP contribution >= 0.6 is 0 Å². The Morgan fingerprint density at radius 1 is 1.19 bits per heavy atom. The number of carbonyl (C=O) groups is 1. The van der Waals surface area contributed by atoms with Crippen LogP contribution in [-0.4, -0.2) is 60.1 Å². The van der Waals surface area contributed by atoms with Gasteiger partial charge in [0.05, 0.1) is 6.54 Å². The summed E-state index contributed by atoms with van der Waals surface area (Å²) in [5.41, 5.74) is 0. The monoisotopic (exact) mass is 294 g/mol. The van der Waals surface area contributed by atoms with Crippen molar-refractivity contribution in [2.45, 2.75) is 51.0 Å². The molecule has 2 bridgehead atoms. The fourth-order valence-corrected chi connectivity index (χ4v) is 5.04. The molecule has 1 aliphatic heterocycles. The van der Waals surface area contributed by atoms with E-state index in [0.29, 0.717) is 6.04 Å². The molecule has 4 nitrogen and oxygen atoms in total. The molecule has 3 rings (SSSR count). The summed E-state index contributed by atoms with van der Waals surface area (Å²) in [6.45, 7) is 3.85. The van der Waals surface area contributed by atoms with E-state index < -0.39 is 5.97 Å². The van der Waals surface area contributed by atoms with E-state index in [-0.39, 0.29) is 6.54 Å². The predicted molar refractivity (Wildman–Crippen MR) is 83.3 cm³/mol. The van der Waals surface area contributed by atoms with Crippen molar-refractivity contribution >= 4 is 5.97 Å². The minimum Gasteiger partial charge on any atom is -0.480 e. The summed E-state index contributed by atoms with van der Waals surface area (Å²) in [6.07, 6.45) is 9.44. The van der Waals surface area contributed by atoms with Crippen molar-refractivity contribution in [3.8, 4) is 0 Å². The van der Waals surface area contributed by atoms with E-state index in [0.717, 1.165) is 37.1 Å². The van der Waals surface area contributed by atoms with Crippen LogP contribution in [-0.2, 0) is 4.79 Å². The van der Waals surface area contributed by atoms with Gasteiger partial charge in [-0.3, -0.25) is 9.69 Å². The minimum absolute atomic E-state index is 0.178. The number of carboxylic acid groups (broad SMARTS) is 1. The molecule has 1 saturated heterocycles. The van der Waals surface area contributed by atoms with Crippen molar-refractivity contribution in [2.75, 3.05) is 33.2 Å². The average molecular weight is 294 g/mol. The van der Waals surface area contributed by atoms with E-state index in [2.05, 4.69) is 4.90 Å². The number of fused-ring (bicyclic) bond motifs is 2. The first-order chi connectivity index (χ1) is 10.1. The van der Waals surface area contributed by atoms with Gasteiger partial charge in [-0.2, -0.15) is 0 Å². The van der Waals surface area contributed by atoms with Gasteiger partial charge in [0.2, 0.25) is 0 Å². The quantitative estimate of drug-likeness (QED) is 0.845. The summed E-state index contributed by atoms with van der Waals surface area (Å²) in [5.74, 6) is 2.31. The van der Waals surface area contributed by atoms with E-state index in [1.54, 1.807) is 0 Å². The molecule has 3 aliphatic rings. The molecule has 21 heavy (non-hydrogen) atoms. The number of hydrogen-bond donors (Lipinski definition) is 1. The van der Waals surface area contributed by atoms with Gasteiger partial charge in [0, 0.05) is 12.6 Å². The zero-order valence-corrected chi connectivity index (χ0v) is 13.3. The van der Waals surface area contributed by atoms with Crippen molar-refractivity contribution in [3.63, 3.8) is 0 Å². The highest BCUT2D eigenvalue weighted by molar-refractivity contribution is 5.69. The molecule has 2 saturated carbocycles. The molecular formula is C17H30N2O2. The first-order valence-electron chi connectivity index (χ1n) is 8.76. The maximum atomic E-state index is 10.9. The average Bonchev–Trinajstić information content (AvgIpc) is 2.95. The number of carboxylic acids is 1. The molecule has 0 aromatic carbocycles. The van der Waals surface area contributed by atoms with Gasteiger partial charge in [-0.25, -0.2) is 0 Å². The number of rotatable bonds is 5. The lowest BCUT2D eigenvalue weighted by atomic mass is 9.88. The fourth-order valence-electron chi connectivity index (χ4n) is 5.04. The lowest BCUT2D eigenvalue weighted by Crippen LogP contribution is -2.37. The zero-order valence-electron chi connectivity index (χ0n) is 13.3. The summed E-state index contributed by atoms with van der Waals surface area (Å²) in [5, 5.41) is 8.93. The Labute approximate surface area is 128 Å². The minimum atomic E-state index is -0.708. The second-order valence-corrected chi connectivity index (χ2v) is 7.63. The van der Waals surface area contributed by atoms with Gasteiger partial charge in [0.25, 0.3) is 0 Å². The second kappa shape index (κ2) is 6.66. The van der Waals surface area contributed by atoms with E-state index in [1.807, 2.05) is 11.9 Å². The van der Waals surface area contributed by atoms with Gasteiger partial charge < -0.3 is 10.0 Å². The van der Waals surface area contributed by atoms with Crippen LogP contribution in [0.5, 0.6) is 0 Å². The molecule has 0 radical (unpaired) electrons. The third-order valence-electron chi connectivity index (χ3n) is 6.18. The summed E-state index contributed by atoms with van der Waals surface area (Å²) in [6, 6.07) is 0.450. The molecule has 0 aromatic rings. The smallest absolute Gasteiger partial charge is 0.317 e. The normalized spacial score (nSPS) is 37.0. The summed E-state index contributed by atoms with van der Waals surface area (Å²) in [7, 11) is 1.96. The van der Waals surface area contributed by atoms with Crippen molar-refractivity contribution in [2.24, 2.45) is 17.8 Å². The number of aliphatic carboxylic acids is 1. The highest BCUT2D eigenvalue weighted by Crippen LogP contribution is 2.48. The van der Waals surface area contributed by atoms with Crippen molar-refractivity contribution < 1.29 is 9.90 Å². The maximum Gasteiger partial charge on any atom is 0.317 e. The van der Waals surface area contributed by atoms with Gasteiger partial charge in [0.1, 0.15) is 0 Å². The molecule has 4 atom stereocenters. The Morgan fingerprint density at radius 2 is 2.05 bits per heavy atom. The molecule has 4 heteroatoms. The fraction of sp³-hybridized carbons (Fsp3) is 0.941. The SMILES string of the molecule is CN(CC(=O)O)C1CCCN(CC2CC3CCC2C3)CC1. The third kappa shape index (κ3) is 3.78. The van der Waals surface area contributed by atoms with Crippen LogP contribution < -0.4 is 0 Å². The van der Waals surface area contributed by atoms with Gasteiger partial charge in [-0.1, -0.05) is 6.42 Å². The molecule has 4 unspecified atom stereocenters. The highest BCUT2D eigenvalue weighted by Gasteiger charge is 2.40. The lowest BCUT2D eigenvalue weighted by molar-refractivity contribution is -0.138. The number of hydrogen-bond acceptors (Lipinski definition) is 3. The second-order valence-electron chi connectivity index (χ2n) is 7.63. The molecular weight excluding hydrogens is 264 g/mol. The highest BCUT2D eigenvalue weighted by atomic mass is 16.4. The summed E-state index contributed by atoms with van der Waals surface area (Å²) < 4.78 is 0. The summed E-state index contributed by atoms with van der Waals surface area (Å²) in [4.78, 5) is 15.6. The van der Waals surface area contributed by atoms with Crippen molar-refractivity contribution in [3.05, 3.63) is 0 Å². The van der Waals surface area contributed by atoms with Crippen LogP contribution in [0.15, 0.2) is 0 Å². The van der Waals surface area contributed by atoms with E-state index in [9.17, 15) is 4.79 Å². The molecule has 2 aliphatic carbocycles. The number of likely N-dealkylation sites (N-methyl/N-ethyl adjacent to an activating group) is 1. The first kappa shape index (κ1) is 15.3. The van der Waals surface area contributed by atoms with Crippen LogP contribution in [0.3, 0.4) is 0 Å². The number of nitrogens with zero attached hydrogens (tertiary/aromatic N) is 2. The molecule has 1 N–H and O–H groups in total. The molecule has 0 spiro atoms. The van der Waals surface area contributed by atoms with Gasteiger partial charge >= 0.3 is 5.97 Å². The zero-order chi connectivity index (χ0) is 14.8. The topological polar surface area (TPSA) is 43.8 Å². The van der Waals surface area contributed by atoms with E-state index in [1.165, 1.54) is 45.2 Å². The van der Waals surface area contributed by atoms with Gasteiger partial charge in [0.15, 0.2) is 0 Å². The molecule has 120 valence electrons. The van der Waals surface area contributed by atoms with Crippen LogP contribution in [0.4, 0.5) is 0 Å². The molecule has 3 fully saturated rings. The van der Waals surface area contributed by atoms with Crippen LogP contribution in [0, 0.1) is 17.8 Å². The third-order valence-corrected chi connectivity index (χ3v) is 6.18. The van der Waals surface area contributed by atoms with Gasteiger partial charge in [-0.15, -0.1) is 0 Å². The van der Waals surface area contributed by atoms with E-state index in [4.69, 9.17) is 5.11 Å². The Hall–Kier alpha value is -0.610. The number of likely N-dealkylation sites (tertiary alicyclic amines) is 1. The summed E-state index contributed by atoms with van der Waals surface area (Å²) >= 11 is 0. The largest absolute Gasteiger partial charge is 0.480 e. The van der Waals surface area contributed by atoms with Crippen LogP contribution in [0.2, 0.25) is 0 Å². The van der Waals surface area contributed by atoms with E-state index >= 15 is 0 Å². The Kier molecular flexibility index (Phi) is 4.85. The Balaban J connectivity index is 1.46. The van der Waals surface area contributed by atoms with Crippen LogP contribution in [0.25, 0.3) is 0 Å². The first-order valence-corrected chi connectivity index (χ1v) is 8.76. The maximum absolute atomic E-state index is 10.9. The molecule has 1 heterocycles. The van der Waals surface area contributed by atoms with Gasteiger partial charge in [-0.05, 0) is 76.4 Å². The van der Waals surface area contributed by atoms with Crippen LogP contribution in [0.1, 0.15) is 44.9 Å². The predicted octanol–water partition coefficient (Wildman–Crippen LogP) is 2.29. The Morgan fingerprint density at radius 3 is 2.71 bits per heavy atom.